The first kappa shape index (κ1) is 23.4. The van der Waals surface area contributed by atoms with Crippen LogP contribution in [0.25, 0.3) is 21.1 Å². The van der Waals surface area contributed by atoms with Gasteiger partial charge in [-0.05, 0) is 23.6 Å². The number of carbonyl (C=O) groups is 2. The third-order valence-corrected chi connectivity index (χ3v) is 7.08. The number of anilines is 3. The molecule has 0 aliphatic heterocycles. The zero-order valence-electron chi connectivity index (χ0n) is 18.7. The van der Waals surface area contributed by atoms with Gasteiger partial charge in [-0.15, -0.1) is 11.3 Å². The van der Waals surface area contributed by atoms with E-state index < -0.39 is 0 Å². The molecule has 0 saturated heterocycles. The Morgan fingerprint density at radius 3 is 2.62 bits per heavy atom. The number of nitrogens with one attached hydrogen (secondary N) is 3. The second kappa shape index (κ2) is 10.4. The molecule has 4 aromatic rings. The van der Waals surface area contributed by atoms with Gasteiger partial charge < -0.3 is 16.4 Å². The van der Waals surface area contributed by atoms with Crippen molar-refractivity contribution in [2.75, 3.05) is 23.4 Å². The van der Waals surface area contributed by atoms with Gasteiger partial charge in [0.25, 0.3) is 0 Å². The van der Waals surface area contributed by atoms with E-state index in [9.17, 15) is 9.59 Å². The van der Waals surface area contributed by atoms with E-state index in [1.807, 2.05) is 66.9 Å². The molecule has 2 aromatic heterocycles. The van der Waals surface area contributed by atoms with Crippen LogP contribution in [0.5, 0.6) is 0 Å². The Bertz CT molecular complexity index is 1300. The maximum atomic E-state index is 12.6. The highest BCUT2D eigenvalue weighted by Gasteiger charge is 2.17. The minimum Gasteiger partial charge on any atom is -0.382 e. The van der Waals surface area contributed by atoms with Crippen molar-refractivity contribution in [2.24, 2.45) is 0 Å². The highest BCUT2D eigenvalue weighted by molar-refractivity contribution is 7.23. The lowest BCUT2D eigenvalue weighted by molar-refractivity contribution is -0.116. The van der Waals surface area contributed by atoms with Gasteiger partial charge in [0.2, 0.25) is 5.91 Å². The molecule has 34 heavy (non-hydrogen) atoms. The van der Waals surface area contributed by atoms with Crippen molar-refractivity contribution in [3.05, 3.63) is 65.5 Å². The molecule has 0 aliphatic carbocycles. The van der Waals surface area contributed by atoms with Crippen LogP contribution in [-0.4, -0.2) is 29.0 Å². The molecule has 0 saturated carbocycles. The lowest BCUT2D eigenvalue weighted by Gasteiger charge is -2.12. The first-order valence-corrected chi connectivity index (χ1v) is 12.3. The van der Waals surface area contributed by atoms with Gasteiger partial charge in [-0.3, -0.25) is 10.1 Å². The molecular weight excluding hydrogens is 468 g/mol. The van der Waals surface area contributed by atoms with E-state index in [4.69, 9.17) is 10.7 Å². The molecule has 1 atom stereocenters. The van der Waals surface area contributed by atoms with Crippen LogP contribution in [0.1, 0.15) is 24.8 Å². The number of hydrogen-bond donors (Lipinski definition) is 4. The number of nitrogens with zero attached hydrogens (tertiary/aromatic N) is 2. The smallest absolute Gasteiger partial charge is 0.320 e. The minimum absolute atomic E-state index is 0.0407. The summed E-state index contributed by atoms with van der Waals surface area (Å²) >= 11 is 2.70. The highest BCUT2D eigenvalue weighted by Crippen LogP contribution is 2.38. The molecule has 10 heteroatoms. The predicted octanol–water partition coefficient (Wildman–Crippen LogP) is 5.40. The predicted molar refractivity (Wildman–Crippen MR) is 139 cm³/mol. The molecule has 4 rings (SSSR count). The second-order valence-corrected chi connectivity index (χ2v) is 9.48. The monoisotopic (exact) mass is 492 g/mol. The molecular formula is C24H24N6O2S2. The van der Waals surface area contributed by atoms with Gasteiger partial charge in [-0.25, -0.2) is 14.8 Å². The summed E-state index contributed by atoms with van der Waals surface area (Å²) in [5.74, 6) is 0.394. The van der Waals surface area contributed by atoms with Crippen LogP contribution in [-0.2, 0) is 4.79 Å². The van der Waals surface area contributed by atoms with E-state index in [1.165, 1.54) is 29.7 Å². The van der Waals surface area contributed by atoms with Crippen LogP contribution in [0.3, 0.4) is 0 Å². The van der Waals surface area contributed by atoms with E-state index in [0.29, 0.717) is 32.9 Å². The molecule has 0 spiro atoms. The highest BCUT2D eigenvalue weighted by atomic mass is 32.1. The summed E-state index contributed by atoms with van der Waals surface area (Å²) < 4.78 is 0. The molecule has 0 aliphatic rings. The van der Waals surface area contributed by atoms with Crippen molar-refractivity contribution in [1.82, 2.24) is 15.3 Å². The number of rotatable bonds is 7. The van der Waals surface area contributed by atoms with Crippen LogP contribution in [0.15, 0.2) is 60.0 Å². The van der Waals surface area contributed by atoms with Crippen molar-refractivity contribution in [1.29, 1.82) is 0 Å². The van der Waals surface area contributed by atoms with Crippen LogP contribution < -0.4 is 21.7 Å². The fourth-order valence-electron chi connectivity index (χ4n) is 3.35. The summed E-state index contributed by atoms with van der Waals surface area (Å²) in [6, 6.07) is 17.2. The lowest BCUT2D eigenvalue weighted by atomic mass is 9.97. The quantitative estimate of drug-likeness (QED) is 0.275. The zero-order chi connectivity index (χ0) is 24.1. The molecule has 5 N–H and O–H groups in total. The summed E-state index contributed by atoms with van der Waals surface area (Å²) in [6.45, 7) is 2.04. The molecule has 0 bridgehead atoms. The molecule has 0 unspecified atom stereocenters. The van der Waals surface area contributed by atoms with E-state index in [0.717, 1.165) is 16.8 Å². The molecule has 3 amide bonds. The minimum atomic E-state index is -0.364. The molecule has 0 radical (unpaired) electrons. The second-order valence-electron chi connectivity index (χ2n) is 7.62. The Hall–Kier alpha value is -3.76. The van der Waals surface area contributed by atoms with Gasteiger partial charge >= 0.3 is 6.03 Å². The lowest BCUT2D eigenvalue weighted by Crippen LogP contribution is -2.24. The summed E-state index contributed by atoms with van der Waals surface area (Å²) in [4.78, 5) is 33.7. The van der Waals surface area contributed by atoms with E-state index >= 15 is 0 Å². The van der Waals surface area contributed by atoms with E-state index in [1.54, 1.807) is 0 Å². The molecule has 174 valence electrons. The van der Waals surface area contributed by atoms with E-state index in [-0.39, 0.29) is 17.9 Å². The molecule has 0 fully saturated rings. The number of carbonyl (C=O) groups excluding carboxylic acids is 2. The first-order valence-electron chi connectivity index (χ1n) is 10.6. The number of hydrogen-bond acceptors (Lipinski definition) is 7. The van der Waals surface area contributed by atoms with Crippen LogP contribution in [0, 0.1) is 0 Å². The summed E-state index contributed by atoms with van der Waals surface area (Å²) in [7, 11) is 1.53. The number of urea groups is 1. The number of nitrogen functional groups attached to an aromatic ring is 1. The number of nitrogens with two attached hydrogens (primary N) is 1. The number of benzene rings is 2. The number of aromatic nitrogens is 2. The van der Waals surface area contributed by atoms with Crippen LogP contribution in [0.2, 0.25) is 0 Å². The Labute approximate surface area is 205 Å². The number of thiazole rings is 2. The zero-order valence-corrected chi connectivity index (χ0v) is 20.3. The Morgan fingerprint density at radius 1 is 1.06 bits per heavy atom. The fraction of sp³-hybridized carbons (Fsp3) is 0.167. The van der Waals surface area contributed by atoms with Gasteiger partial charge in [0.05, 0.1) is 5.69 Å². The van der Waals surface area contributed by atoms with Crippen molar-refractivity contribution in [3.63, 3.8) is 0 Å². The normalized spacial score (nSPS) is 11.6. The largest absolute Gasteiger partial charge is 0.382 e. The van der Waals surface area contributed by atoms with Gasteiger partial charge in [0, 0.05) is 30.1 Å². The molecule has 2 heterocycles. The van der Waals surface area contributed by atoms with Crippen molar-refractivity contribution >= 4 is 51.2 Å². The van der Waals surface area contributed by atoms with Crippen LogP contribution >= 0.6 is 22.7 Å². The van der Waals surface area contributed by atoms with Crippen molar-refractivity contribution in [3.8, 4) is 21.1 Å². The third-order valence-electron chi connectivity index (χ3n) is 5.10. The van der Waals surface area contributed by atoms with Gasteiger partial charge in [0.15, 0.2) is 5.13 Å². The molecule has 8 nitrogen and oxygen atoms in total. The Morgan fingerprint density at radius 2 is 1.85 bits per heavy atom. The van der Waals surface area contributed by atoms with Gasteiger partial charge in [0.1, 0.15) is 15.7 Å². The summed E-state index contributed by atoms with van der Waals surface area (Å²) in [5, 5.41) is 11.1. The number of amides is 3. The summed E-state index contributed by atoms with van der Waals surface area (Å²) in [5.41, 5.74) is 9.54. The Balaban J connectivity index is 1.45. The average molecular weight is 493 g/mol. The standard InChI is InChI=1S/C24H24N6O2S2/c1-14(15-7-4-3-5-8-15)11-19(31)27-17-10-6-9-16(12-17)18-13-33-22(28-18)20-21(25)29-24(34-20)30-23(32)26-2/h3-10,12-14H,11,25H2,1-2H3,(H,27,31)(H2,26,29,30,32)/t14-/m1/s1. The summed E-state index contributed by atoms with van der Waals surface area (Å²) in [6.07, 6.45) is 0.395. The maximum Gasteiger partial charge on any atom is 0.320 e. The molecule has 2 aromatic carbocycles. The fourth-order valence-corrected chi connectivity index (χ4v) is 5.16. The maximum absolute atomic E-state index is 12.6. The average Bonchev–Trinajstić information content (AvgIpc) is 3.46. The van der Waals surface area contributed by atoms with Gasteiger partial charge in [-0.1, -0.05) is 60.7 Å². The Kier molecular flexibility index (Phi) is 7.19. The topological polar surface area (TPSA) is 122 Å². The third kappa shape index (κ3) is 5.59. The van der Waals surface area contributed by atoms with Crippen LogP contribution in [0.4, 0.5) is 21.4 Å². The van der Waals surface area contributed by atoms with Gasteiger partial charge in [-0.2, -0.15) is 0 Å². The van der Waals surface area contributed by atoms with E-state index in [2.05, 4.69) is 20.9 Å². The SMILES string of the molecule is CNC(=O)Nc1nc(N)c(-c2nc(-c3cccc(NC(=O)C[C@@H](C)c4ccccc4)c3)cs2)s1. The first-order chi connectivity index (χ1) is 16.4. The van der Waals surface area contributed by atoms with Crippen molar-refractivity contribution in [2.45, 2.75) is 19.3 Å². The van der Waals surface area contributed by atoms with Crippen molar-refractivity contribution < 1.29 is 9.59 Å².